The van der Waals surface area contributed by atoms with Crippen LogP contribution in [0.3, 0.4) is 0 Å². The molecule has 2 N–H and O–H groups in total. The maximum Gasteiger partial charge on any atom is 0.132 e. The van der Waals surface area contributed by atoms with Gasteiger partial charge in [-0.05, 0) is 95.9 Å². The van der Waals surface area contributed by atoms with E-state index in [1.165, 1.54) is 77.9 Å². The van der Waals surface area contributed by atoms with Crippen LogP contribution in [-0.4, -0.2) is 22.6 Å². The van der Waals surface area contributed by atoms with Crippen molar-refractivity contribution in [1.82, 2.24) is 15.2 Å². The molecular formula is C57H49N5. The smallest absolute Gasteiger partial charge is 0.132 e. The number of anilines is 1. The van der Waals surface area contributed by atoms with Gasteiger partial charge in [-0.3, -0.25) is 5.32 Å². The molecule has 302 valence electrons. The lowest BCUT2D eigenvalue weighted by Crippen LogP contribution is -2.50. The number of nitrogens with zero attached hydrogens (tertiary/aromatic N) is 3. The number of fused-ring (bicyclic) bond motifs is 9. The lowest BCUT2D eigenvalue weighted by molar-refractivity contribution is 0.406. The van der Waals surface area contributed by atoms with Crippen molar-refractivity contribution in [1.29, 1.82) is 0 Å². The van der Waals surface area contributed by atoms with Crippen molar-refractivity contribution in [3.63, 3.8) is 0 Å². The number of nitrogens with one attached hydrogen (secondary N) is 2. The minimum absolute atomic E-state index is 0.0899. The fourth-order valence-electron chi connectivity index (χ4n) is 11.9. The van der Waals surface area contributed by atoms with Crippen molar-refractivity contribution in [3.05, 3.63) is 221 Å². The van der Waals surface area contributed by atoms with Crippen molar-refractivity contribution >= 4 is 45.1 Å². The van der Waals surface area contributed by atoms with Crippen LogP contribution in [0.5, 0.6) is 0 Å². The van der Waals surface area contributed by atoms with Gasteiger partial charge in [0.15, 0.2) is 0 Å². The van der Waals surface area contributed by atoms with Gasteiger partial charge in [0.05, 0.1) is 11.0 Å². The van der Waals surface area contributed by atoms with Crippen molar-refractivity contribution in [2.45, 2.75) is 50.5 Å². The molecule has 5 aromatic rings. The summed E-state index contributed by atoms with van der Waals surface area (Å²) < 4.78 is 2.57. The maximum atomic E-state index is 5.57. The number of aromatic nitrogens is 1. The molecule has 7 unspecified atom stereocenters. The van der Waals surface area contributed by atoms with E-state index < -0.39 is 0 Å². The van der Waals surface area contributed by atoms with Crippen LogP contribution in [0.15, 0.2) is 203 Å². The molecule has 0 amide bonds. The van der Waals surface area contributed by atoms with Gasteiger partial charge in [-0.25, -0.2) is 4.99 Å². The van der Waals surface area contributed by atoms with E-state index >= 15 is 0 Å². The Balaban J connectivity index is 0.935. The second kappa shape index (κ2) is 14.5. The van der Waals surface area contributed by atoms with Crippen molar-refractivity contribution < 1.29 is 0 Å². The van der Waals surface area contributed by atoms with Gasteiger partial charge in [-0.1, -0.05) is 152 Å². The topological polar surface area (TPSA) is 44.6 Å². The third-order valence-corrected chi connectivity index (χ3v) is 14.7. The van der Waals surface area contributed by atoms with Gasteiger partial charge in [0, 0.05) is 63.1 Å². The van der Waals surface area contributed by atoms with Gasteiger partial charge in [-0.2, -0.15) is 0 Å². The standard InChI is InChI=1S/C57H49N5/c1-2-16-37(17-3-1)55-58-56(46-26-14-20-36-15-6-7-21-41(36)46)60-57(59-55)47-30-32-52(43-23-9-8-22-42(43)47)62-53-31-29-40(35-49(53)48-33-38-18-4-5-19-39(38)34-54(48)62)61-50-27-12-10-24-44(50)45-25-11-13-28-51(45)61/h1-8,10-17,19-22,24-28,30,32-36,38,41,49,53,55-56,58H,9,18,23,29,31H2,(H,59,60). The molecule has 3 heterocycles. The Morgan fingerprint density at radius 2 is 1.52 bits per heavy atom. The van der Waals surface area contributed by atoms with Crippen LogP contribution >= 0.6 is 0 Å². The Kier molecular flexibility index (Phi) is 8.40. The first-order valence-corrected chi connectivity index (χ1v) is 22.8. The minimum atomic E-state index is -0.170. The molecule has 1 aromatic heterocycles. The normalized spacial score (nSPS) is 27.8. The van der Waals surface area contributed by atoms with E-state index in [0.29, 0.717) is 23.8 Å². The van der Waals surface area contributed by atoms with Gasteiger partial charge in [0.1, 0.15) is 18.2 Å². The van der Waals surface area contributed by atoms with E-state index in [9.17, 15) is 0 Å². The average molecular weight is 804 g/mol. The average Bonchev–Trinajstić information content (AvgIpc) is 3.84. The van der Waals surface area contributed by atoms with Gasteiger partial charge in [0.25, 0.3) is 0 Å². The van der Waals surface area contributed by atoms with Gasteiger partial charge in [0.2, 0.25) is 0 Å². The lowest BCUT2D eigenvalue weighted by atomic mass is 9.78. The molecule has 4 aromatic carbocycles. The Morgan fingerprint density at radius 3 is 2.39 bits per heavy atom. The molecule has 8 aliphatic rings. The van der Waals surface area contributed by atoms with Crippen LogP contribution in [0.25, 0.3) is 33.6 Å². The summed E-state index contributed by atoms with van der Waals surface area (Å²) in [7, 11) is 0. The Bertz CT molecular complexity index is 2990. The fourth-order valence-corrected chi connectivity index (χ4v) is 11.9. The van der Waals surface area contributed by atoms with Crippen LogP contribution < -0.4 is 15.5 Å². The van der Waals surface area contributed by atoms with Crippen molar-refractivity contribution in [3.8, 4) is 0 Å². The number of allylic oxidation sites excluding steroid dienone is 16. The number of hydrogen-bond acceptors (Lipinski definition) is 4. The fraction of sp³-hybridized carbons (Fsp3) is 0.211. The van der Waals surface area contributed by atoms with Crippen molar-refractivity contribution in [2.24, 2.45) is 28.7 Å². The summed E-state index contributed by atoms with van der Waals surface area (Å²) in [5.74, 6) is 2.29. The molecule has 5 nitrogen and oxygen atoms in total. The van der Waals surface area contributed by atoms with E-state index in [1.807, 2.05) is 0 Å². The zero-order chi connectivity index (χ0) is 40.7. The summed E-state index contributed by atoms with van der Waals surface area (Å²) in [4.78, 5) is 8.34. The van der Waals surface area contributed by atoms with Crippen LogP contribution in [-0.2, 0) is 6.42 Å². The second-order valence-electron chi connectivity index (χ2n) is 18.0. The number of amidine groups is 1. The van der Waals surface area contributed by atoms with Crippen molar-refractivity contribution in [2.75, 3.05) is 4.90 Å². The predicted octanol–water partition coefficient (Wildman–Crippen LogP) is 12.0. The predicted molar refractivity (Wildman–Crippen MR) is 256 cm³/mol. The Hall–Kier alpha value is -6.69. The number of hydrogen-bond donors (Lipinski definition) is 2. The molecule has 1 saturated heterocycles. The molecule has 13 rings (SSSR count). The molecule has 1 fully saturated rings. The summed E-state index contributed by atoms with van der Waals surface area (Å²) in [6, 6.07) is 33.8. The molecule has 2 aliphatic heterocycles. The van der Waals surface area contributed by atoms with Crippen LogP contribution in [0.1, 0.15) is 54.1 Å². The highest BCUT2D eigenvalue weighted by Gasteiger charge is 2.46. The zero-order valence-corrected chi connectivity index (χ0v) is 34.7. The monoisotopic (exact) mass is 803 g/mol. The molecule has 0 bridgehead atoms. The summed E-state index contributed by atoms with van der Waals surface area (Å²) in [5, 5.41) is 10.5. The summed E-state index contributed by atoms with van der Waals surface area (Å²) in [6.45, 7) is 0. The largest absolute Gasteiger partial charge is 0.350 e. The molecule has 5 heteroatoms. The van der Waals surface area contributed by atoms with E-state index in [0.717, 1.165) is 37.9 Å². The summed E-state index contributed by atoms with van der Waals surface area (Å²) in [6.07, 6.45) is 40.3. The number of rotatable bonds is 5. The Morgan fingerprint density at radius 1 is 0.710 bits per heavy atom. The quantitative estimate of drug-likeness (QED) is 0.186. The van der Waals surface area contributed by atoms with E-state index in [-0.39, 0.29) is 18.2 Å². The highest BCUT2D eigenvalue weighted by Crippen LogP contribution is 2.53. The molecule has 62 heavy (non-hydrogen) atoms. The third kappa shape index (κ3) is 5.68. The molecule has 0 saturated carbocycles. The summed E-state index contributed by atoms with van der Waals surface area (Å²) >= 11 is 0. The minimum Gasteiger partial charge on any atom is -0.350 e. The molecule has 0 spiro atoms. The highest BCUT2D eigenvalue weighted by atomic mass is 15.3. The number of para-hydroxylation sites is 2. The first-order chi connectivity index (χ1) is 30.7. The third-order valence-electron chi connectivity index (χ3n) is 14.7. The Labute approximate surface area is 363 Å². The first-order valence-electron chi connectivity index (χ1n) is 22.8. The van der Waals surface area contributed by atoms with E-state index in [1.54, 1.807) is 0 Å². The summed E-state index contributed by atoms with van der Waals surface area (Å²) in [5.41, 5.74) is 16.1. The number of aliphatic imine (C=N–C) groups is 1. The zero-order valence-electron chi connectivity index (χ0n) is 34.7. The van der Waals surface area contributed by atoms with Gasteiger partial charge >= 0.3 is 0 Å². The van der Waals surface area contributed by atoms with Crippen LogP contribution in [0.2, 0.25) is 0 Å². The number of benzene rings is 4. The van der Waals surface area contributed by atoms with Gasteiger partial charge in [-0.15, -0.1) is 0 Å². The molecule has 7 atom stereocenters. The van der Waals surface area contributed by atoms with Gasteiger partial charge < -0.3 is 14.8 Å². The van der Waals surface area contributed by atoms with Crippen LogP contribution in [0, 0.1) is 23.7 Å². The van der Waals surface area contributed by atoms with E-state index in [4.69, 9.17) is 4.99 Å². The SMILES string of the molecule is C1=CCC2C=C3C(=CC2=C1)N(c1ccc(C2=NC(C4=CC=CC5C=CC=CC45)NC(c4ccccc4)N2)c2c1CCC=C2)C1CCC(n2c4ccccc4c4ccccc42)=CC31. The molecule has 0 radical (unpaired) electrons. The maximum absolute atomic E-state index is 5.57. The van der Waals surface area contributed by atoms with E-state index in [2.05, 4.69) is 202 Å². The first kappa shape index (κ1) is 36.0. The highest BCUT2D eigenvalue weighted by molar-refractivity contribution is 6.10. The second-order valence-corrected chi connectivity index (χ2v) is 18.0. The molecule has 6 aliphatic carbocycles. The molecular weight excluding hydrogens is 755 g/mol. The lowest BCUT2D eigenvalue weighted by Gasteiger charge is -2.38. The van der Waals surface area contributed by atoms with Crippen LogP contribution in [0.4, 0.5) is 5.69 Å².